The van der Waals surface area contributed by atoms with Crippen LogP contribution in [-0.4, -0.2) is 35.2 Å². The SMILES string of the molecule is CSCCC(NC(=O)Nc1c(Cl)cc(Cl)cc1Cl)C(=O)O. The Morgan fingerprint density at radius 1 is 1.29 bits per heavy atom. The van der Waals surface area contributed by atoms with Gasteiger partial charge in [0.1, 0.15) is 6.04 Å². The summed E-state index contributed by atoms with van der Waals surface area (Å²) in [6.07, 6.45) is 2.16. The Balaban J connectivity index is 2.74. The second-order valence-electron chi connectivity index (χ2n) is 4.02. The summed E-state index contributed by atoms with van der Waals surface area (Å²) < 4.78 is 0. The van der Waals surface area contributed by atoms with Gasteiger partial charge in [0.2, 0.25) is 0 Å². The third-order valence-electron chi connectivity index (χ3n) is 2.46. The van der Waals surface area contributed by atoms with E-state index in [1.54, 1.807) is 0 Å². The van der Waals surface area contributed by atoms with Gasteiger partial charge >= 0.3 is 12.0 Å². The van der Waals surface area contributed by atoms with Crippen molar-refractivity contribution in [2.24, 2.45) is 0 Å². The molecule has 0 saturated heterocycles. The highest BCUT2D eigenvalue weighted by Crippen LogP contribution is 2.33. The molecule has 0 aliphatic heterocycles. The van der Waals surface area contributed by atoms with Crippen molar-refractivity contribution in [3.63, 3.8) is 0 Å². The summed E-state index contributed by atoms with van der Waals surface area (Å²) in [5.41, 5.74) is 0.175. The molecule has 1 aromatic rings. The Bertz CT molecular complexity index is 519. The normalized spacial score (nSPS) is 11.8. The van der Waals surface area contributed by atoms with E-state index < -0.39 is 18.0 Å². The van der Waals surface area contributed by atoms with E-state index in [-0.39, 0.29) is 15.7 Å². The van der Waals surface area contributed by atoms with E-state index in [1.807, 2.05) is 6.26 Å². The first-order chi connectivity index (χ1) is 9.85. The van der Waals surface area contributed by atoms with E-state index in [0.717, 1.165) is 0 Å². The Labute approximate surface area is 141 Å². The number of aliphatic carboxylic acids is 1. The lowest BCUT2D eigenvalue weighted by molar-refractivity contribution is -0.139. The van der Waals surface area contributed by atoms with E-state index in [4.69, 9.17) is 39.9 Å². The second kappa shape index (κ2) is 8.58. The molecule has 0 bridgehead atoms. The Morgan fingerprint density at radius 2 is 1.86 bits per heavy atom. The highest BCUT2D eigenvalue weighted by atomic mass is 35.5. The standard InChI is InChI=1S/C12H13Cl3N2O3S/c1-21-3-2-9(11(18)19)16-12(20)17-10-7(14)4-6(13)5-8(10)15/h4-5,9H,2-3H2,1H3,(H,18,19)(H2,16,17,20). The number of anilines is 1. The minimum Gasteiger partial charge on any atom is -0.480 e. The van der Waals surface area contributed by atoms with Crippen LogP contribution in [0.3, 0.4) is 0 Å². The molecule has 0 radical (unpaired) electrons. The van der Waals surface area contributed by atoms with Gasteiger partial charge in [-0.15, -0.1) is 0 Å². The molecule has 2 amide bonds. The van der Waals surface area contributed by atoms with E-state index in [2.05, 4.69) is 10.6 Å². The summed E-state index contributed by atoms with van der Waals surface area (Å²) in [6.45, 7) is 0. The van der Waals surface area contributed by atoms with Crippen molar-refractivity contribution in [2.45, 2.75) is 12.5 Å². The number of nitrogens with one attached hydrogen (secondary N) is 2. The summed E-state index contributed by atoms with van der Waals surface area (Å²) in [4.78, 5) is 22.9. The number of thioether (sulfide) groups is 1. The van der Waals surface area contributed by atoms with Gasteiger partial charge in [-0.2, -0.15) is 11.8 Å². The average Bonchev–Trinajstić information content (AvgIpc) is 2.38. The van der Waals surface area contributed by atoms with Crippen LogP contribution in [0.2, 0.25) is 15.1 Å². The van der Waals surface area contributed by atoms with Gasteiger partial charge in [-0.3, -0.25) is 0 Å². The lowest BCUT2D eigenvalue weighted by Crippen LogP contribution is -2.43. The first kappa shape index (κ1) is 18.2. The Hall–Kier alpha value is -0.820. The maximum absolute atomic E-state index is 11.8. The molecule has 1 aromatic carbocycles. The zero-order valence-electron chi connectivity index (χ0n) is 11.0. The number of halogens is 3. The fourth-order valence-corrected chi connectivity index (χ4v) is 2.85. The van der Waals surface area contributed by atoms with Gasteiger partial charge in [-0.25, -0.2) is 9.59 Å². The van der Waals surface area contributed by atoms with Gasteiger partial charge in [-0.05, 0) is 30.6 Å². The molecule has 3 N–H and O–H groups in total. The molecule has 0 aromatic heterocycles. The number of hydrogen-bond acceptors (Lipinski definition) is 3. The minimum atomic E-state index is -1.10. The number of carboxylic acids is 1. The predicted molar refractivity (Wildman–Crippen MR) is 88.0 cm³/mol. The van der Waals surface area contributed by atoms with Crippen LogP contribution >= 0.6 is 46.6 Å². The molecule has 0 spiro atoms. The van der Waals surface area contributed by atoms with Crippen molar-refractivity contribution < 1.29 is 14.7 Å². The molecule has 0 saturated carbocycles. The van der Waals surface area contributed by atoms with E-state index in [1.165, 1.54) is 23.9 Å². The highest BCUT2D eigenvalue weighted by molar-refractivity contribution is 7.98. The first-order valence-corrected chi connectivity index (χ1v) is 8.31. The second-order valence-corrected chi connectivity index (χ2v) is 6.25. The van der Waals surface area contributed by atoms with Gasteiger partial charge in [0.25, 0.3) is 0 Å². The predicted octanol–water partition coefficient (Wildman–Crippen LogP) is 3.97. The summed E-state index contributed by atoms with van der Waals surface area (Å²) >= 11 is 19.1. The maximum atomic E-state index is 11.8. The zero-order chi connectivity index (χ0) is 16.0. The Morgan fingerprint density at radius 3 is 2.33 bits per heavy atom. The fourth-order valence-electron chi connectivity index (χ4n) is 1.46. The fraction of sp³-hybridized carbons (Fsp3) is 0.333. The molecule has 0 heterocycles. The monoisotopic (exact) mass is 370 g/mol. The van der Waals surface area contributed by atoms with Crippen molar-refractivity contribution in [1.29, 1.82) is 0 Å². The largest absolute Gasteiger partial charge is 0.480 e. The van der Waals surface area contributed by atoms with Crippen LogP contribution in [-0.2, 0) is 4.79 Å². The molecule has 0 aliphatic carbocycles. The number of amides is 2. The zero-order valence-corrected chi connectivity index (χ0v) is 14.0. The van der Waals surface area contributed by atoms with Crippen molar-refractivity contribution in [3.05, 3.63) is 27.2 Å². The third-order valence-corrected chi connectivity index (χ3v) is 3.92. The molecular formula is C12H13Cl3N2O3S. The van der Waals surface area contributed by atoms with E-state index >= 15 is 0 Å². The number of carbonyl (C=O) groups excluding carboxylic acids is 1. The van der Waals surface area contributed by atoms with Gasteiger partial charge in [0.15, 0.2) is 0 Å². The third kappa shape index (κ3) is 5.82. The summed E-state index contributed by atoms with van der Waals surface area (Å²) in [6, 6.07) is 1.16. The minimum absolute atomic E-state index is 0.165. The summed E-state index contributed by atoms with van der Waals surface area (Å²) in [5, 5.41) is 14.5. The van der Waals surface area contributed by atoms with Gasteiger partial charge in [0.05, 0.1) is 15.7 Å². The first-order valence-electron chi connectivity index (χ1n) is 5.79. The highest BCUT2D eigenvalue weighted by Gasteiger charge is 2.20. The number of rotatable bonds is 6. The number of carbonyl (C=O) groups is 2. The topological polar surface area (TPSA) is 78.4 Å². The maximum Gasteiger partial charge on any atom is 0.326 e. The van der Waals surface area contributed by atoms with Crippen molar-refractivity contribution in [2.75, 3.05) is 17.3 Å². The molecule has 21 heavy (non-hydrogen) atoms. The molecule has 116 valence electrons. The molecule has 1 atom stereocenters. The van der Waals surface area contributed by atoms with Crippen LogP contribution in [0.1, 0.15) is 6.42 Å². The number of hydrogen-bond donors (Lipinski definition) is 3. The van der Waals surface area contributed by atoms with Crippen molar-refractivity contribution >= 4 is 64.3 Å². The number of urea groups is 1. The van der Waals surface area contributed by atoms with Crippen LogP contribution in [0.4, 0.5) is 10.5 Å². The summed E-state index contributed by atoms with van der Waals surface area (Å²) in [5.74, 6) is -0.493. The molecule has 9 heteroatoms. The van der Waals surface area contributed by atoms with Crippen molar-refractivity contribution in [3.8, 4) is 0 Å². The Kier molecular flexibility index (Phi) is 7.45. The van der Waals surface area contributed by atoms with Gasteiger partial charge in [0, 0.05) is 5.02 Å². The smallest absolute Gasteiger partial charge is 0.326 e. The molecular weight excluding hydrogens is 359 g/mol. The van der Waals surface area contributed by atoms with Crippen LogP contribution < -0.4 is 10.6 Å². The molecule has 1 unspecified atom stereocenters. The van der Waals surface area contributed by atoms with Crippen molar-refractivity contribution in [1.82, 2.24) is 5.32 Å². The van der Waals surface area contributed by atoms with Gasteiger partial charge in [-0.1, -0.05) is 34.8 Å². The molecule has 5 nitrogen and oxygen atoms in total. The van der Waals surface area contributed by atoms with Crippen LogP contribution in [0.5, 0.6) is 0 Å². The molecule has 0 aliphatic rings. The lowest BCUT2D eigenvalue weighted by Gasteiger charge is -2.16. The van der Waals surface area contributed by atoms with E-state index in [9.17, 15) is 9.59 Å². The summed E-state index contributed by atoms with van der Waals surface area (Å²) in [7, 11) is 0. The molecule has 0 fully saturated rings. The van der Waals surface area contributed by atoms with E-state index in [0.29, 0.717) is 17.2 Å². The van der Waals surface area contributed by atoms with Crippen LogP contribution in [0, 0.1) is 0 Å². The van der Waals surface area contributed by atoms with Gasteiger partial charge < -0.3 is 15.7 Å². The number of carboxylic acid groups (broad SMARTS) is 1. The molecule has 1 rings (SSSR count). The van der Waals surface area contributed by atoms with Crippen LogP contribution in [0.25, 0.3) is 0 Å². The lowest BCUT2D eigenvalue weighted by atomic mass is 10.2. The quantitative estimate of drug-likeness (QED) is 0.707. The average molecular weight is 372 g/mol. The van der Waals surface area contributed by atoms with Crippen LogP contribution in [0.15, 0.2) is 12.1 Å². The number of benzene rings is 1.